The lowest BCUT2D eigenvalue weighted by molar-refractivity contribution is -0.142. The summed E-state index contributed by atoms with van der Waals surface area (Å²) >= 11 is 0. The minimum absolute atomic E-state index is 0.00183. The Morgan fingerprint density at radius 2 is 1.84 bits per heavy atom. The maximum atomic E-state index is 12.4. The van der Waals surface area contributed by atoms with Crippen molar-refractivity contribution < 1.29 is 19.4 Å². The Bertz CT molecular complexity index is 783. The van der Waals surface area contributed by atoms with E-state index in [1.165, 1.54) is 0 Å². The molecule has 0 aromatic heterocycles. The SMILES string of the molecule is COc1ccc(/C=C/[C@H]2[C@H](C(=O)O)CC(=O)N2c2ccccc2)cc1. The molecule has 0 spiro atoms. The maximum absolute atomic E-state index is 12.4. The van der Waals surface area contributed by atoms with Gasteiger partial charge in [-0.1, -0.05) is 42.5 Å². The predicted octanol–water partition coefficient (Wildman–Crippen LogP) is 3.21. The van der Waals surface area contributed by atoms with Crippen LogP contribution in [-0.4, -0.2) is 30.1 Å². The zero-order chi connectivity index (χ0) is 17.8. The third-order valence-electron chi connectivity index (χ3n) is 4.33. The second-order valence-electron chi connectivity index (χ2n) is 5.87. The third-order valence-corrected chi connectivity index (χ3v) is 4.33. The van der Waals surface area contributed by atoms with Crippen molar-refractivity contribution >= 4 is 23.6 Å². The van der Waals surface area contributed by atoms with Crippen LogP contribution in [0.25, 0.3) is 6.08 Å². The van der Waals surface area contributed by atoms with Crippen molar-refractivity contribution in [3.63, 3.8) is 0 Å². The van der Waals surface area contributed by atoms with Gasteiger partial charge in [-0.2, -0.15) is 0 Å². The summed E-state index contributed by atoms with van der Waals surface area (Å²) in [6, 6.07) is 16.1. The molecule has 1 amide bonds. The first kappa shape index (κ1) is 16.8. The van der Waals surface area contributed by atoms with E-state index in [0.29, 0.717) is 5.69 Å². The number of carbonyl (C=O) groups is 2. The number of carbonyl (C=O) groups excluding carboxylic acids is 1. The van der Waals surface area contributed by atoms with E-state index in [4.69, 9.17) is 4.74 Å². The lowest BCUT2D eigenvalue weighted by Gasteiger charge is -2.24. The number of methoxy groups -OCH3 is 1. The molecule has 0 aliphatic carbocycles. The number of carboxylic acid groups (broad SMARTS) is 1. The number of hydrogen-bond acceptors (Lipinski definition) is 3. The van der Waals surface area contributed by atoms with Crippen molar-refractivity contribution in [2.45, 2.75) is 12.5 Å². The molecule has 2 aromatic carbocycles. The van der Waals surface area contributed by atoms with E-state index in [9.17, 15) is 14.7 Å². The Labute approximate surface area is 146 Å². The molecule has 0 unspecified atom stereocenters. The van der Waals surface area contributed by atoms with Gasteiger partial charge in [0, 0.05) is 12.1 Å². The van der Waals surface area contributed by atoms with Crippen LogP contribution in [0.1, 0.15) is 12.0 Å². The number of amides is 1. The van der Waals surface area contributed by atoms with E-state index in [1.807, 2.05) is 60.7 Å². The molecule has 5 nitrogen and oxygen atoms in total. The topological polar surface area (TPSA) is 66.8 Å². The summed E-state index contributed by atoms with van der Waals surface area (Å²) in [5.74, 6) is -1.15. The molecule has 0 bridgehead atoms. The summed E-state index contributed by atoms with van der Waals surface area (Å²) in [5, 5.41) is 9.50. The van der Waals surface area contributed by atoms with Crippen LogP contribution >= 0.6 is 0 Å². The number of nitrogens with zero attached hydrogens (tertiary/aromatic N) is 1. The van der Waals surface area contributed by atoms with Crippen molar-refractivity contribution in [3.8, 4) is 5.75 Å². The fourth-order valence-corrected chi connectivity index (χ4v) is 3.04. The number of benzene rings is 2. The van der Waals surface area contributed by atoms with Gasteiger partial charge in [0.2, 0.25) is 5.91 Å². The standard InChI is InChI=1S/C20H19NO4/c1-25-16-10-7-14(8-11-16)9-12-18-17(20(23)24)13-19(22)21(18)15-5-3-2-4-6-15/h2-12,17-18H,13H2,1H3,(H,23,24)/b12-9+/t17-,18+/m1/s1. The molecule has 1 aliphatic heterocycles. The van der Waals surface area contributed by atoms with Gasteiger partial charge in [-0.3, -0.25) is 9.59 Å². The molecule has 1 N–H and O–H groups in total. The van der Waals surface area contributed by atoms with Crippen LogP contribution < -0.4 is 9.64 Å². The molecule has 25 heavy (non-hydrogen) atoms. The van der Waals surface area contributed by atoms with Crippen LogP contribution in [0.15, 0.2) is 60.7 Å². The van der Waals surface area contributed by atoms with Gasteiger partial charge in [-0.15, -0.1) is 0 Å². The van der Waals surface area contributed by atoms with Gasteiger partial charge in [-0.25, -0.2) is 0 Å². The highest BCUT2D eigenvalue weighted by Gasteiger charge is 2.43. The number of rotatable bonds is 5. The Morgan fingerprint density at radius 1 is 1.16 bits per heavy atom. The molecule has 1 fully saturated rings. The zero-order valence-corrected chi connectivity index (χ0v) is 13.8. The molecule has 1 saturated heterocycles. The van der Waals surface area contributed by atoms with E-state index < -0.39 is 17.9 Å². The van der Waals surface area contributed by atoms with Gasteiger partial charge >= 0.3 is 5.97 Å². The molecule has 3 rings (SSSR count). The molecule has 2 aromatic rings. The molecule has 1 aliphatic rings. The summed E-state index contributed by atoms with van der Waals surface area (Å²) in [5.41, 5.74) is 1.62. The van der Waals surface area contributed by atoms with Crippen molar-refractivity contribution in [2.24, 2.45) is 5.92 Å². The number of para-hydroxylation sites is 1. The minimum Gasteiger partial charge on any atom is -0.497 e. The number of aliphatic carboxylic acids is 1. The summed E-state index contributed by atoms with van der Waals surface area (Å²) in [4.78, 5) is 25.6. The Hall–Kier alpha value is -3.08. The summed E-state index contributed by atoms with van der Waals surface area (Å²) in [6.07, 6.45) is 3.63. The molecular weight excluding hydrogens is 318 g/mol. The highest BCUT2D eigenvalue weighted by molar-refractivity contribution is 6.01. The van der Waals surface area contributed by atoms with E-state index in [0.717, 1.165) is 11.3 Å². The highest BCUT2D eigenvalue weighted by atomic mass is 16.5. The second-order valence-corrected chi connectivity index (χ2v) is 5.87. The molecule has 1 heterocycles. The molecule has 5 heteroatoms. The molecular formula is C20H19NO4. The molecule has 128 valence electrons. The fraction of sp³-hybridized carbons (Fsp3) is 0.200. The summed E-state index contributed by atoms with van der Waals surface area (Å²) in [7, 11) is 1.60. The largest absolute Gasteiger partial charge is 0.497 e. The van der Waals surface area contributed by atoms with Gasteiger partial charge in [-0.05, 0) is 29.8 Å². The lowest BCUT2D eigenvalue weighted by atomic mass is 9.99. The molecule has 0 saturated carbocycles. The number of hydrogen-bond donors (Lipinski definition) is 1. The predicted molar refractivity (Wildman–Crippen MR) is 95.5 cm³/mol. The van der Waals surface area contributed by atoms with E-state index in [1.54, 1.807) is 18.1 Å². The monoisotopic (exact) mass is 337 g/mol. The molecule has 2 atom stereocenters. The summed E-state index contributed by atoms with van der Waals surface area (Å²) < 4.78 is 5.13. The van der Waals surface area contributed by atoms with E-state index in [2.05, 4.69) is 0 Å². The van der Waals surface area contributed by atoms with Crippen LogP contribution in [-0.2, 0) is 9.59 Å². The van der Waals surface area contributed by atoms with Crippen LogP contribution in [0.2, 0.25) is 0 Å². The maximum Gasteiger partial charge on any atom is 0.309 e. The first-order chi connectivity index (χ1) is 12.1. The Balaban J connectivity index is 1.91. The normalized spacial score (nSPS) is 20.2. The number of anilines is 1. The van der Waals surface area contributed by atoms with Crippen LogP contribution in [0, 0.1) is 5.92 Å². The minimum atomic E-state index is -0.962. The zero-order valence-electron chi connectivity index (χ0n) is 13.8. The number of ether oxygens (including phenoxy) is 1. The van der Waals surface area contributed by atoms with Gasteiger partial charge in [0.25, 0.3) is 0 Å². The smallest absolute Gasteiger partial charge is 0.309 e. The Morgan fingerprint density at radius 3 is 2.44 bits per heavy atom. The number of carboxylic acids is 1. The van der Waals surface area contributed by atoms with E-state index in [-0.39, 0.29) is 12.3 Å². The van der Waals surface area contributed by atoms with Crippen LogP contribution in [0.3, 0.4) is 0 Å². The van der Waals surface area contributed by atoms with E-state index >= 15 is 0 Å². The van der Waals surface area contributed by atoms with Crippen molar-refractivity contribution in [3.05, 3.63) is 66.2 Å². The van der Waals surface area contributed by atoms with Crippen LogP contribution in [0.4, 0.5) is 5.69 Å². The van der Waals surface area contributed by atoms with Gasteiger partial charge in [0.15, 0.2) is 0 Å². The van der Waals surface area contributed by atoms with Crippen molar-refractivity contribution in [1.29, 1.82) is 0 Å². The van der Waals surface area contributed by atoms with Crippen molar-refractivity contribution in [1.82, 2.24) is 0 Å². The quantitative estimate of drug-likeness (QED) is 0.910. The van der Waals surface area contributed by atoms with Crippen LogP contribution in [0.5, 0.6) is 5.75 Å². The first-order valence-electron chi connectivity index (χ1n) is 8.02. The highest BCUT2D eigenvalue weighted by Crippen LogP contribution is 2.32. The fourth-order valence-electron chi connectivity index (χ4n) is 3.04. The first-order valence-corrected chi connectivity index (χ1v) is 8.02. The average molecular weight is 337 g/mol. The van der Waals surface area contributed by atoms with Crippen molar-refractivity contribution in [2.75, 3.05) is 12.0 Å². The Kier molecular flexibility index (Phi) is 4.84. The van der Waals surface area contributed by atoms with Gasteiger partial charge < -0.3 is 14.7 Å². The second kappa shape index (κ2) is 7.21. The third kappa shape index (κ3) is 3.55. The lowest BCUT2D eigenvalue weighted by Crippen LogP contribution is -2.35. The summed E-state index contributed by atoms with van der Waals surface area (Å²) in [6.45, 7) is 0. The van der Waals surface area contributed by atoms with Gasteiger partial charge in [0.05, 0.1) is 19.1 Å². The van der Waals surface area contributed by atoms with Gasteiger partial charge in [0.1, 0.15) is 5.75 Å². The average Bonchev–Trinajstić information content (AvgIpc) is 2.97. The molecule has 0 radical (unpaired) electrons.